The first kappa shape index (κ1) is 22.6. The normalized spacial score (nSPS) is 35.7. The van der Waals surface area contributed by atoms with Gasteiger partial charge in [0.25, 0.3) is 0 Å². The third-order valence-corrected chi connectivity index (χ3v) is 12.8. The third-order valence-electron chi connectivity index (χ3n) is 8.49. The van der Waals surface area contributed by atoms with Gasteiger partial charge in [-0.05, 0) is 85.6 Å². The van der Waals surface area contributed by atoms with Crippen molar-refractivity contribution in [3.63, 3.8) is 0 Å². The first-order valence-electron chi connectivity index (χ1n) is 11.6. The van der Waals surface area contributed by atoms with Gasteiger partial charge >= 0.3 is 0 Å². The van der Waals surface area contributed by atoms with Gasteiger partial charge in [0.15, 0.2) is 0 Å². The molecule has 162 valence electrons. The monoisotopic (exact) mass is 414 g/mol. The van der Waals surface area contributed by atoms with Crippen molar-refractivity contribution >= 4 is 14.1 Å². The zero-order valence-electron chi connectivity index (χ0n) is 19.8. The SMILES string of the molecule is CC(C)(C)[Si](C)(C)OC1=CC[C@@](C)(CC=CC2CCC3C(=O)CCC[C@]23C)C=C1. The lowest BCUT2D eigenvalue weighted by atomic mass is 9.65. The second-order valence-electron chi connectivity index (χ2n) is 11.9. The van der Waals surface area contributed by atoms with Crippen LogP contribution in [0.15, 0.2) is 36.1 Å². The zero-order valence-corrected chi connectivity index (χ0v) is 20.8. The number of fused-ring (bicyclic) bond motifs is 1. The molecule has 0 aliphatic heterocycles. The molecule has 3 aliphatic carbocycles. The van der Waals surface area contributed by atoms with E-state index in [1.807, 2.05) is 0 Å². The van der Waals surface area contributed by atoms with Crippen molar-refractivity contribution in [1.29, 1.82) is 0 Å². The van der Waals surface area contributed by atoms with Crippen LogP contribution in [0.5, 0.6) is 0 Å². The molecule has 3 heteroatoms. The molecule has 2 fully saturated rings. The van der Waals surface area contributed by atoms with E-state index in [1.54, 1.807) is 0 Å². The summed E-state index contributed by atoms with van der Waals surface area (Å²) in [5.74, 6) is 2.47. The molecule has 0 amide bonds. The minimum atomic E-state index is -1.77. The third kappa shape index (κ3) is 4.65. The van der Waals surface area contributed by atoms with Crippen molar-refractivity contribution in [3.8, 4) is 0 Å². The van der Waals surface area contributed by atoms with Crippen LogP contribution >= 0.6 is 0 Å². The first-order chi connectivity index (χ1) is 13.4. The molecule has 2 saturated carbocycles. The van der Waals surface area contributed by atoms with Gasteiger partial charge in [0.05, 0.1) is 5.76 Å². The Morgan fingerprint density at radius 2 is 1.97 bits per heavy atom. The molecule has 3 rings (SSSR count). The van der Waals surface area contributed by atoms with E-state index < -0.39 is 8.32 Å². The summed E-state index contributed by atoms with van der Waals surface area (Å²) in [5, 5.41) is 0.223. The van der Waals surface area contributed by atoms with Gasteiger partial charge in [-0.25, -0.2) is 0 Å². The van der Waals surface area contributed by atoms with Gasteiger partial charge in [-0.3, -0.25) is 4.79 Å². The molecule has 29 heavy (non-hydrogen) atoms. The van der Waals surface area contributed by atoms with E-state index in [9.17, 15) is 4.79 Å². The van der Waals surface area contributed by atoms with Crippen LogP contribution < -0.4 is 0 Å². The molecule has 0 aromatic rings. The summed E-state index contributed by atoms with van der Waals surface area (Å²) < 4.78 is 6.47. The maximum absolute atomic E-state index is 12.3. The van der Waals surface area contributed by atoms with Gasteiger partial charge in [-0.1, -0.05) is 52.8 Å². The number of carbonyl (C=O) groups excluding carboxylic acids is 1. The molecule has 2 nitrogen and oxygen atoms in total. The van der Waals surface area contributed by atoms with E-state index in [2.05, 4.69) is 78.1 Å². The van der Waals surface area contributed by atoms with E-state index in [-0.39, 0.29) is 15.9 Å². The molecule has 0 aromatic heterocycles. The highest BCUT2D eigenvalue weighted by Crippen LogP contribution is 2.54. The molecule has 0 radical (unpaired) electrons. The van der Waals surface area contributed by atoms with E-state index in [0.29, 0.717) is 17.6 Å². The van der Waals surface area contributed by atoms with Crippen molar-refractivity contribution in [1.82, 2.24) is 0 Å². The minimum absolute atomic E-state index is 0.165. The molecule has 0 heterocycles. The highest BCUT2D eigenvalue weighted by atomic mass is 28.4. The van der Waals surface area contributed by atoms with Gasteiger partial charge in [0, 0.05) is 12.3 Å². The second-order valence-corrected chi connectivity index (χ2v) is 16.6. The molecular weight excluding hydrogens is 372 g/mol. The molecule has 2 unspecified atom stereocenters. The lowest BCUT2D eigenvalue weighted by Crippen LogP contribution is -2.40. The van der Waals surface area contributed by atoms with E-state index >= 15 is 0 Å². The number of rotatable bonds is 5. The smallest absolute Gasteiger partial charge is 0.250 e. The van der Waals surface area contributed by atoms with Gasteiger partial charge in [-0.15, -0.1) is 0 Å². The van der Waals surface area contributed by atoms with E-state index in [4.69, 9.17) is 4.43 Å². The summed E-state index contributed by atoms with van der Waals surface area (Å²) >= 11 is 0. The Morgan fingerprint density at radius 3 is 2.59 bits per heavy atom. The lowest BCUT2D eigenvalue weighted by Gasteiger charge is -2.39. The largest absolute Gasteiger partial charge is 0.544 e. The summed E-state index contributed by atoms with van der Waals surface area (Å²) in [7, 11) is -1.77. The van der Waals surface area contributed by atoms with Gasteiger partial charge in [-0.2, -0.15) is 0 Å². The Kier molecular flexibility index (Phi) is 6.13. The van der Waals surface area contributed by atoms with Crippen LogP contribution in [0.2, 0.25) is 18.1 Å². The van der Waals surface area contributed by atoms with Crippen LogP contribution in [0, 0.1) is 22.7 Å². The van der Waals surface area contributed by atoms with Crippen LogP contribution in [0.3, 0.4) is 0 Å². The standard InChI is InChI=1S/C26H42O2Si/c1-24(2,3)29(6,7)28-21-14-18-25(4,19-15-21)16-8-10-20-12-13-22-23(27)11-9-17-26(20,22)5/h8,10,14-15,18,20,22H,9,11-13,16-17,19H2,1-7H3/t20?,22?,25-,26+/m0/s1. The van der Waals surface area contributed by atoms with Crippen molar-refractivity contribution in [2.45, 2.75) is 97.7 Å². The van der Waals surface area contributed by atoms with Crippen LogP contribution in [0.4, 0.5) is 0 Å². The summed E-state index contributed by atoms with van der Waals surface area (Å²) in [6.45, 7) is 16.2. The predicted octanol–water partition coefficient (Wildman–Crippen LogP) is 7.59. The number of allylic oxidation sites excluding steroid dienone is 5. The first-order valence-corrected chi connectivity index (χ1v) is 14.5. The molecule has 3 aliphatic rings. The molecule has 0 bridgehead atoms. The van der Waals surface area contributed by atoms with Crippen molar-refractivity contribution in [2.24, 2.45) is 22.7 Å². The minimum Gasteiger partial charge on any atom is -0.544 e. The van der Waals surface area contributed by atoms with E-state index in [0.717, 1.165) is 37.9 Å². The van der Waals surface area contributed by atoms with Gasteiger partial charge in [0.2, 0.25) is 8.32 Å². The Hall–Kier alpha value is -1.09. The molecule has 0 aromatic carbocycles. The quantitative estimate of drug-likeness (QED) is 0.342. The van der Waals surface area contributed by atoms with Crippen LogP contribution in [0.25, 0.3) is 0 Å². The Bertz CT molecular complexity index is 723. The maximum atomic E-state index is 12.3. The molecule has 0 spiro atoms. The van der Waals surface area contributed by atoms with Crippen molar-refractivity contribution < 1.29 is 9.22 Å². The van der Waals surface area contributed by atoms with Crippen LogP contribution in [-0.4, -0.2) is 14.1 Å². The average molecular weight is 415 g/mol. The fraction of sp³-hybridized carbons (Fsp3) is 0.731. The molecule has 4 atom stereocenters. The predicted molar refractivity (Wildman–Crippen MR) is 125 cm³/mol. The number of Topliss-reactive ketones (excluding diaryl/α,β-unsaturated/α-hetero) is 1. The Labute approximate surface area is 180 Å². The van der Waals surface area contributed by atoms with Gasteiger partial charge < -0.3 is 4.43 Å². The summed E-state index contributed by atoms with van der Waals surface area (Å²) in [6, 6.07) is 0. The van der Waals surface area contributed by atoms with Gasteiger partial charge in [0.1, 0.15) is 5.78 Å². The highest BCUT2D eigenvalue weighted by molar-refractivity contribution is 6.74. The number of hydrogen-bond acceptors (Lipinski definition) is 2. The topological polar surface area (TPSA) is 26.3 Å². The van der Waals surface area contributed by atoms with Crippen molar-refractivity contribution in [3.05, 3.63) is 36.1 Å². The molecule has 0 N–H and O–H groups in total. The number of ketones is 1. The average Bonchev–Trinajstić information content (AvgIpc) is 2.94. The number of hydrogen-bond donors (Lipinski definition) is 0. The van der Waals surface area contributed by atoms with Crippen LogP contribution in [-0.2, 0) is 9.22 Å². The lowest BCUT2D eigenvalue weighted by molar-refractivity contribution is -0.129. The fourth-order valence-electron chi connectivity index (χ4n) is 5.22. The highest BCUT2D eigenvalue weighted by Gasteiger charge is 2.50. The summed E-state index contributed by atoms with van der Waals surface area (Å²) in [5.41, 5.74) is 0.372. The molecular formula is C26H42O2Si. The maximum Gasteiger partial charge on any atom is 0.250 e. The molecule has 0 saturated heterocycles. The van der Waals surface area contributed by atoms with E-state index in [1.165, 1.54) is 12.8 Å². The second kappa shape index (κ2) is 7.87. The van der Waals surface area contributed by atoms with Crippen molar-refractivity contribution in [2.75, 3.05) is 0 Å². The Morgan fingerprint density at radius 1 is 1.24 bits per heavy atom. The fourth-order valence-corrected chi connectivity index (χ4v) is 6.26. The van der Waals surface area contributed by atoms with Crippen LogP contribution in [0.1, 0.15) is 79.6 Å². The number of carbonyl (C=O) groups is 1. The summed E-state index contributed by atoms with van der Waals surface area (Å²) in [4.78, 5) is 12.3. The zero-order chi connectivity index (χ0) is 21.5. The Balaban J connectivity index is 1.58. The summed E-state index contributed by atoms with van der Waals surface area (Å²) in [6.07, 6.45) is 19.2.